The molecule has 0 N–H and O–H groups in total. The lowest BCUT2D eigenvalue weighted by Crippen LogP contribution is -2.21. The van der Waals surface area contributed by atoms with Crippen LogP contribution in [-0.4, -0.2) is 19.6 Å². The Morgan fingerprint density at radius 1 is 1.00 bits per heavy atom. The van der Waals surface area contributed by atoms with Gasteiger partial charge in [0.1, 0.15) is 11.7 Å². The van der Waals surface area contributed by atoms with Crippen molar-refractivity contribution in [1.82, 2.24) is 0 Å². The molecule has 0 bridgehead atoms. The van der Waals surface area contributed by atoms with Crippen molar-refractivity contribution in [3.8, 4) is 5.75 Å². The Kier molecular flexibility index (Phi) is 15.2. The van der Waals surface area contributed by atoms with Crippen molar-refractivity contribution < 1.29 is 13.9 Å². The quantitative estimate of drug-likeness (QED) is 0.282. The monoisotopic (exact) mass is 372 g/mol. The summed E-state index contributed by atoms with van der Waals surface area (Å²) >= 11 is 0. The van der Waals surface area contributed by atoms with Gasteiger partial charge in [0.05, 0.1) is 6.61 Å². The zero-order valence-corrected chi connectivity index (χ0v) is 18.0. The zero-order chi connectivity index (χ0) is 19.1. The molecule has 0 aliphatic rings. The molecule has 0 aliphatic heterocycles. The highest BCUT2D eigenvalue weighted by Crippen LogP contribution is 2.33. The van der Waals surface area contributed by atoms with Crippen LogP contribution in [0, 0.1) is 5.92 Å². The topological polar surface area (TPSA) is 18.5 Å². The van der Waals surface area contributed by atoms with Crippen LogP contribution >= 0.6 is 8.58 Å². The molecule has 146 valence electrons. The molecule has 0 heterocycles. The minimum absolute atomic E-state index is 0.228. The molecule has 0 saturated carbocycles. The number of ether oxygens (including phenoxy) is 2. The van der Waals surface area contributed by atoms with Gasteiger partial charge >= 0.3 is 0 Å². The van der Waals surface area contributed by atoms with Crippen molar-refractivity contribution in [3.63, 3.8) is 0 Å². The van der Waals surface area contributed by atoms with Crippen molar-refractivity contribution in [3.05, 3.63) is 29.8 Å². The summed E-state index contributed by atoms with van der Waals surface area (Å²) in [4.78, 5) is 0. The summed E-state index contributed by atoms with van der Waals surface area (Å²) in [6, 6.07) is 7.27. The van der Waals surface area contributed by atoms with Gasteiger partial charge in [-0.15, -0.1) is 0 Å². The molecule has 1 aromatic rings. The van der Waals surface area contributed by atoms with Crippen molar-refractivity contribution in [2.75, 3.05) is 13.3 Å². The summed E-state index contributed by atoms with van der Waals surface area (Å²) in [6.45, 7) is 13.1. The fourth-order valence-electron chi connectivity index (χ4n) is 2.60. The Bertz CT molecular complexity index is 411. The summed E-state index contributed by atoms with van der Waals surface area (Å²) in [5.41, 5.74) is 0.720. The molecule has 4 unspecified atom stereocenters. The van der Waals surface area contributed by atoms with Crippen LogP contribution < -0.4 is 4.74 Å². The van der Waals surface area contributed by atoms with E-state index < -0.39 is 5.91 Å². The lowest BCUT2D eigenvalue weighted by molar-refractivity contribution is -0.0852. The first-order valence-corrected chi connectivity index (χ1v) is 11.4. The van der Waals surface area contributed by atoms with Crippen LogP contribution in [0.2, 0.25) is 0 Å². The van der Waals surface area contributed by atoms with E-state index in [2.05, 4.69) is 20.8 Å². The van der Waals surface area contributed by atoms with E-state index in [0.717, 1.165) is 36.7 Å². The Labute approximate surface area is 156 Å². The zero-order valence-electron chi connectivity index (χ0n) is 17.0. The Balaban J connectivity index is 0.00000277. The van der Waals surface area contributed by atoms with E-state index in [1.54, 1.807) is 12.1 Å². The average molecular weight is 373 g/mol. The molecular formula is C21H38FO2P. The Hall–Kier alpha value is -0.660. The van der Waals surface area contributed by atoms with Gasteiger partial charge in [-0.05, 0) is 36.7 Å². The van der Waals surface area contributed by atoms with E-state index >= 15 is 0 Å². The molecule has 25 heavy (non-hydrogen) atoms. The first-order valence-electron chi connectivity index (χ1n) is 9.84. The fraction of sp³-hybridized carbons (Fsp3) is 0.714. The number of halogens is 1. The van der Waals surface area contributed by atoms with E-state index in [1.165, 1.54) is 19.3 Å². The van der Waals surface area contributed by atoms with Crippen LogP contribution in [0.1, 0.15) is 78.2 Å². The second-order valence-corrected chi connectivity index (χ2v) is 6.98. The van der Waals surface area contributed by atoms with Crippen LogP contribution in [-0.2, 0) is 4.74 Å². The molecular weight excluding hydrogens is 334 g/mol. The number of benzene rings is 1. The van der Waals surface area contributed by atoms with Crippen molar-refractivity contribution in [2.24, 2.45) is 5.92 Å². The van der Waals surface area contributed by atoms with Gasteiger partial charge in [0, 0.05) is 6.42 Å². The van der Waals surface area contributed by atoms with Gasteiger partial charge in [0.15, 0.2) is 6.29 Å². The second kappa shape index (κ2) is 15.6. The van der Waals surface area contributed by atoms with Crippen molar-refractivity contribution >= 4 is 8.58 Å². The third-order valence-electron chi connectivity index (χ3n) is 4.13. The van der Waals surface area contributed by atoms with Gasteiger partial charge in [-0.1, -0.05) is 74.6 Å². The van der Waals surface area contributed by atoms with Crippen molar-refractivity contribution in [2.45, 2.75) is 78.9 Å². The smallest absolute Gasteiger partial charge is 0.199 e. The van der Waals surface area contributed by atoms with Gasteiger partial charge in [-0.3, -0.25) is 0 Å². The summed E-state index contributed by atoms with van der Waals surface area (Å²) in [6.07, 6.45) is 5.36. The molecule has 0 saturated heterocycles. The van der Waals surface area contributed by atoms with Crippen molar-refractivity contribution in [1.29, 1.82) is 0 Å². The van der Waals surface area contributed by atoms with E-state index in [9.17, 15) is 4.39 Å². The highest BCUT2D eigenvalue weighted by atomic mass is 31.1. The maximum absolute atomic E-state index is 13.6. The van der Waals surface area contributed by atoms with Crippen LogP contribution in [0.5, 0.6) is 5.75 Å². The first-order chi connectivity index (χ1) is 12.1. The molecule has 0 spiro atoms. The van der Waals surface area contributed by atoms with Crippen LogP contribution in [0.25, 0.3) is 0 Å². The molecule has 4 atom stereocenters. The molecule has 0 fully saturated rings. The summed E-state index contributed by atoms with van der Waals surface area (Å²) in [5, 5.41) is 0. The van der Waals surface area contributed by atoms with Crippen LogP contribution in [0.3, 0.4) is 0 Å². The van der Waals surface area contributed by atoms with Gasteiger partial charge < -0.3 is 9.47 Å². The molecule has 0 radical (unpaired) electrons. The summed E-state index contributed by atoms with van der Waals surface area (Å²) in [7, 11) is 0.266. The summed E-state index contributed by atoms with van der Waals surface area (Å²) < 4.78 is 25.4. The van der Waals surface area contributed by atoms with Crippen LogP contribution in [0.4, 0.5) is 4.39 Å². The molecule has 0 aliphatic carbocycles. The summed E-state index contributed by atoms with van der Waals surface area (Å²) in [5.74, 6) is 0.618. The van der Waals surface area contributed by atoms with Gasteiger partial charge in [-0.25, -0.2) is 4.39 Å². The van der Waals surface area contributed by atoms with Gasteiger partial charge in [-0.2, -0.15) is 0 Å². The highest BCUT2D eigenvalue weighted by molar-refractivity contribution is 7.37. The molecule has 0 amide bonds. The third kappa shape index (κ3) is 10.2. The SMILES string of the molecule is CC.CCCC(CC)CCOC(CC)Oc1ccc(C(F)PC)cc1. The largest absolute Gasteiger partial charge is 0.465 e. The molecule has 2 nitrogen and oxygen atoms in total. The lowest BCUT2D eigenvalue weighted by atomic mass is 9.98. The molecule has 1 rings (SSSR count). The second-order valence-electron chi connectivity index (χ2n) is 5.90. The van der Waals surface area contributed by atoms with Crippen LogP contribution in [0.15, 0.2) is 24.3 Å². The number of hydrogen-bond donors (Lipinski definition) is 0. The van der Waals surface area contributed by atoms with E-state index in [0.29, 0.717) is 0 Å². The number of hydrogen-bond acceptors (Lipinski definition) is 2. The minimum atomic E-state index is -0.869. The van der Waals surface area contributed by atoms with Gasteiger partial charge in [0.2, 0.25) is 0 Å². The highest BCUT2D eigenvalue weighted by Gasteiger charge is 2.12. The molecule has 1 aromatic carbocycles. The van der Waals surface area contributed by atoms with E-state index in [4.69, 9.17) is 9.47 Å². The fourth-order valence-corrected chi connectivity index (χ4v) is 3.12. The maximum Gasteiger partial charge on any atom is 0.199 e. The average Bonchev–Trinajstić information content (AvgIpc) is 2.67. The number of alkyl halides is 1. The third-order valence-corrected chi connectivity index (χ3v) is 4.97. The molecule has 0 aromatic heterocycles. The maximum atomic E-state index is 13.6. The normalized spacial score (nSPS) is 14.7. The predicted molar refractivity (Wildman–Crippen MR) is 110 cm³/mol. The van der Waals surface area contributed by atoms with E-state index in [1.807, 2.05) is 32.6 Å². The first kappa shape index (κ1) is 24.3. The van der Waals surface area contributed by atoms with Gasteiger partial charge in [0.25, 0.3) is 0 Å². The van der Waals surface area contributed by atoms with E-state index in [-0.39, 0.29) is 14.9 Å². The minimum Gasteiger partial charge on any atom is -0.465 e. The predicted octanol–water partition coefficient (Wildman–Crippen LogP) is 7.34. The molecule has 4 heteroatoms. The lowest BCUT2D eigenvalue weighted by Gasteiger charge is -2.20. The standard InChI is InChI=1S/C19H32FO2P.C2H6/c1-5-8-15(6-2)13-14-21-18(7-3)22-17-11-9-16(10-12-17)19(20)23-4;1-2/h9-12,15,18-19,23H,5-8,13-14H2,1-4H3;1-2H3. The Morgan fingerprint density at radius 3 is 2.12 bits per heavy atom. The number of rotatable bonds is 12. The Morgan fingerprint density at radius 2 is 1.64 bits per heavy atom.